The Balaban J connectivity index is 2.90. The normalized spacial score (nSPS) is 11.4. The number of aliphatic hydroxyl groups is 1. The van der Waals surface area contributed by atoms with E-state index in [2.05, 4.69) is 6.92 Å². The van der Waals surface area contributed by atoms with Crippen LogP contribution >= 0.6 is 0 Å². The molecule has 108 valence electrons. The van der Waals surface area contributed by atoms with Gasteiger partial charge in [0.15, 0.2) is 0 Å². The van der Waals surface area contributed by atoms with E-state index < -0.39 is 0 Å². The second-order valence-electron chi connectivity index (χ2n) is 5.42. The zero-order chi connectivity index (χ0) is 13.3. The van der Waals surface area contributed by atoms with Gasteiger partial charge in [-0.1, -0.05) is 90.0 Å². The Labute approximate surface area is 115 Å². The molecule has 0 bridgehead atoms. The number of hydrogen-bond acceptors (Lipinski definition) is 1. The summed E-state index contributed by atoms with van der Waals surface area (Å²) in [7, 11) is 0. The second-order valence-corrected chi connectivity index (χ2v) is 5.42. The van der Waals surface area contributed by atoms with Crippen LogP contribution in [-0.4, -0.2) is 5.11 Å². The van der Waals surface area contributed by atoms with E-state index in [0.29, 0.717) is 0 Å². The number of hydrogen-bond donors (Lipinski definition) is 1. The third-order valence-corrected chi connectivity index (χ3v) is 3.58. The molecule has 1 N–H and O–H groups in total. The van der Waals surface area contributed by atoms with Crippen molar-refractivity contribution in [3.05, 3.63) is 12.3 Å². The molecule has 0 aromatic carbocycles. The lowest BCUT2D eigenvalue weighted by Gasteiger charge is -2.02. The van der Waals surface area contributed by atoms with Gasteiger partial charge in [-0.05, 0) is 12.8 Å². The van der Waals surface area contributed by atoms with Crippen molar-refractivity contribution < 1.29 is 5.11 Å². The average molecular weight is 254 g/mol. The summed E-state index contributed by atoms with van der Waals surface area (Å²) in [4.78, 5) is 0. The summed E-state index contributed by atoms with van der Waals surface area (Å²) >= 11 is 0. The van der Waals surface area contributed by atoms with Crippen LogP contribution in [0.3, 0.4) is 0 Å². The molecule has 0 radical (unpaired) electrons. The van der Waals surface area contributed by atoms with E-state index in [4.69, 9.17) is 5.11 Å². The largest absolute Gasteiger partial charge is 0.516 e. The minimum Gasteiger partial charge on any atom is -0.516 e. The van der Waals surface area contributed by atoms with E-state index in [1.165, 1.54) is 89.7 Å². The fourth-order valence-corrected chi connectivity index (χ4v) is 2.35. The van der Waals surface area contributed by atoms with Crippen molar-refractivity contribution in [2.45, 2.75) is 96.8 Å². The molecule has 0 rings (SSSR count). The third-order valence-electron chi connectivity index (χ3n) is 3.58. The van der Waals surface area contributed by atoms with Gasteiger partial charge in [0.05, 0.1) is 6.26 Å². The molecule has 0 aromatic heterocycles. The van der Waals surface area contributed by atoms with Crippen molar-refractivity contribution in [1.29, 1.82) is 0 Å². The van der Waals surface area contributed by atoms with Gasteiger partial charge in [0.1, 0.15) is 0 Å². The van der Waals surface area contributed by atoms with Crippen LogP contribution in [0.2, 0.25) is 0 Å². The van der Waals surface area contributed by atoms with Crippen molar-refractivity contribution in [2.24, 2.45) is 0 Å². The first-order valence-electron chi connectivity index (χ1n) is 8.21. The highest BCUT2D eigenvalue weighted by atomic mass is 16.2. The monoisotopic (exact) mass is 254 g/mol. The molecular formula is C17H34O. The molecule has 0 saturated carbocycles. The first-order chi connectivity index (χ1) is 8.91. The quantitative estimate of drug-likeness (QED) is 0.275. The lowest BCUT2D eigenvalue weighted by atomic mass is 10.0. The maximum atomic E-state index is 8.48. The van der Waals surface area contributed by atoms with E-state index >= 15 is 0 Å². The van der Waals surface area contributed by atoms with Crippen molar-refractivity contribution in [2.75, 3.05) is 0 Å². The molecule has 0 unspecified atom stereocenters. The Morgan fingerprint density at radius 3 is 1.39 bits per heavy atom. The summed E-state index contributed by atoms with van der Waals surface area (Å²) in [6, 6.07) is 0. The van der Waals surface area contributed by atoms with Gasteiger partial charge in [-0.15, -0.1) is 0 Å². The zero-order valence-electron chi connectivity index (χ0n) is 12.5. The molecule has 0 amide bonds. The number of aliphatic hydroxyl groups excluding tert-OH is 1. The summed E-state index contributed by atoms with van der Waals surface area (Å²) in [5.41, 5.74) is 0. The number of allylic oxidation sites excluding steroid dienone is 1. The predicted molar refractivity (Wildman–Crippen MR) is 82.1 cm³/mol. The molecule has 0 spiro atoms. The highest BCUT2D eigenvalue weighted by Crippen LogP contribution is 2.12. The van der Waals surface area contributed by atoms with Crippen LogP contribution in [0.4, 0.5) is 0 Å². The minimum atomic E-state index is 1.04. The first-order valence-corrected chi connectivity index (χ1v) is 8.21. The molecule has 0 aliphatic heterocycles. The van der Waals surface area contributed by atoms with Gasteiger partial charge in [-0.25, -0.2) is 0 Å². The Bertz CT molecular complexity index is 163. The van der Waals surface area contributed by atoms with Crippen LogP contribution in [0.5, 0.6) is 0 Å². The van der Waals surface area contributed by atoms with E-state index in [1.54, 1.807) is 0 Å². The van der Waals surface area contributed by atoms with Crippen LogP contribution < -0.4 is 0 Å². The number of unbranched alkanes of at least 4 members (excludes halogenated alkanes) is 13. The Hall–Kier alpha value is -0.460. The molecule has 0 heterocycles. The smallest absolute Gasteiger partial charge is 0.0751 e. The fourth-order valence-electron chi connectivity index (χ4n) is 2.35. The van der Waals surface area contributed by atoms with Gasteiger partial charge in [0.2, 0.25) is 0 Å². The van der Waals surface area contributed by atoms with Gasteiger partial charge in [0.25, 0.3) is 0 Å². The van der Waals surface area contributed by atoms with Crippen LogP contribution in [-0.2, 0) is 0 Å². The van der Waals surface area contributed by atoms with Gasteiger partial charge < -0.3 is 5.11 Å². The summed E-state index contributed by atoms with van der Waals surface area (Å²) in [6.45, 7) is 2.28. The van der Waals surface area contributed by atoms with Gasteiger partial charge in [-0.2, -0.15) is 0 Å². The van der Waals surface area contributed by atoms with Crippen molar-refractivity contribution in [3.63, 3.8) is 0 Å². The van der Waals surface area contributed by atoms with Crippen LogP contribution in [0.25, 0.3) is 0 Å². The molecule has 18 heavy (non-hydrogen) atoms. The molecule has 0 saturated heterocycles. The SMILES string of the molecule is CCCCCCCCCCCCCCC/C=C/O. The number of rotatable bonds is 14. The molecule has 0 fully saturated rings. The Morgan fingerprint density at radius 2 is 1.00 bits per heavy atom. The van der Waals surface area contributed by atoms with Gasteiger partial charge in [-0.3, -0.25) is 0 Å². The van der Waals surface area contributed by atoms with Crippen molar-refractivity contribution >= 4 is 0 Å². The van der Waals surface area contributed by atoms with Gasteiger partial charge in [0, 0.05) is 0 Å². The molecule has 0 aliphatic rings. The molecule has 0 atom stereocenters. The lowest BCUT2D eigenvalue weighted by Crippen LogP contribution is -1.82. The zero-order valence-corrected chi connectivity index (χ0v) is 12.5. The molecule has 1 nitrogen and oxygen atoms in total. The topological polar surface area (TPSA) is 20.2 Å². The minimum absolute atomic E-state index is 1.04. The van der Waals surface area contributed by atoms with E-state index in [1.807, 2.05) is 6.08 Å². The predicted octanol–water partition coefficient (Wildman–Crippen LogP) is 6.54. The molecular weight excluding hydrogens is 220 g/mol. The fraction of sp³-hybridized carbons (Fsp3) is 0.882. The Morgan fingerprint density at radius 1 is 0.611 bits per heavy atom. The molecule has 0 aliphatic carbocycles. The highest BCUT2D eigenvalue weighted by Gasteiger charge is 1.93. The maximum absolute atomic E-state index is 8.48. The second kappa shape index (κ2) is 16.5. The standard InChI is InChI=1S/C17H34O/c1-2-3-4-5-6-7-8-9-10-11-12-13-14-15-16-17-18/h16-18H,2-15H2,1H3/b17-16+. The van der Waals surface area contributed by atoms with E-state index in [-0.39, 0.29) is 0 Å². The highest BCUT2D eigenvalue weighted by molar-refractivity contribution is 4.70. The average Bonchev–Trinajstić information content (AvgIpc) is 2.39. The van der Waals surface area contributed by atoms with Crippen molar-refractivity contribution in [1.82, 2.24) is 0 Å². The lowest BCUT2D eigenvalue weighted by molar-refractivity contribution is 0.469. The summed E-state index contributed by atoms with van der Waals surface area (Å²) in [5.74, 6) is 0. The van der Waals surface area contributed by atoms with E-state index in [0.717, 1.165) is 6.42 Å². The van der Waals surface area contributed by atoms with Crippen LogP contribution in [0.1, 0.15) is 96.8 Å². The summed E-state index contributed by atoms with van der Waals surface area (Å²) < 4.78 is 0. The summed E-state index contributed by atoms with van der Waals surface area (Å²) in [6.07, 6.45) is 22.2. The first kappa shape index (κ1) is 17.5. The molecule has 0 aromatic rings. The van der Waals surface area contributed by atoms with Gasteiger partial charge >= 0.3 is 0 Å². The van der Waals surface area contributed by atoms with Crippen LogP contribution in [0, 0.1) is 0 Å². The maximum Gasteiger partial charge on any atom is 0.0751 e. The van der Waals surface area contributed by atoms with Crippen LogP contribution in [0.15, 0.2) is 12.3 Å². The van der Waals surface area contributed by atoms with Crippen molar-refractivity contribution in [3.8, 4) is 0 Å². The molecule has 1 heteroatoms. The Kier molecular flexibility index (Phi) is 16.1. The van der Waals surface area contributed by atoms with E-state index in [9.17, 15) is 0 Å². The summed E-state index contributed by atoms with van der Waals surface area (Å²) in [5, 5.41) is 8.48. The third kappa shape index (κ3) is 15.5.